The van der Waals surface area contributed by atoms with Crippen LogP contribution in [0.1, 0.15) is 60.2 Å². The lowest BCUT2D eigenvalue weighted by Crippen LogP contribution is -2.36. The van der Waals surface area contributed by atoms with E-state index >= 15 is 0 Å². The zero-order valence-electron chi connectivity index (χ0n) is 20.8. The van der Waals surface area contributed by atoms with Gasteiger partial charge >= 0.3 is 0 Å². The third-order valence-corrected chi connectivity index (χ3v) is 6.27. The number of guanidine groups is 1. The number of nitrogens with one attached hydrogen (secondary N) is 2. The van der Waals surface area contributed by atoms with Gasteiger partial charge in [-0.2, -0.15) is 0 Å². The standard InChI is InChI=1S/C27H39N5O.HI/c1-4-32(5-2)26(33)25-15-13-23(14-16-25)20-30-27(28-3)29-19-22-9-11-24(12-10-22)21-31-17-7-6-8-18-31;/h9-16H,4-8,17-21H2,1-3H3,(H2,28,29,30);1H. The highest BCUT2D eigenvalue weighted by molar-refractivity contribution is 14.0. The number of hydrogen-bond donors (Lipinski definition) is 2. The molecule has 3 rings (SSSR count). The number of rotatable bonds is 9. The monoisotopic (exact) mass is 577 g/mol. The molecule has 0 atom stereocenters. The SMILES string of the molecule is CCN(CC)C(=O)c1ccc(CNC(=NC)NCc2ccc(CN3CCCCC3)cc2)cc1.I. The van der Waals surface area contributed by atoms with Crippen molar-refractivity contribution in [3.8, 4) is 0 Å². The number of hydrogen-bond acceptors (Lipinski definition) is 3. The van der Waals surface area contributed by atoms with E-state index in [1.165, 1.54) is 43.5 Å². The summed E-state index contributed by atoms with van der Waals surface area (Å²) >= 11 is 0. The van der Waals surface area contributed by atoms with E-state index in [1.54, 1.807) is 7.05 Å². The van der Waals surface area contributed by atoms with Gasteiger partial charge in [0.2, 0.25) is 0 Å². The molecule has 2 aromatic carbocycles. The first-order chi connectivity index (χ1) is 16.1. The molecular formula is C27H40IN5O. The van der Waals surface area contributed by atoms with Gasteiger partial charge in [0.25, 0.3) is 5.91 Å². The lowest BCUT2D eigenvalue weighted by molar-refractivity contribution is 0.0773. The topological polar surface area (TPSA) is 60.0 Å². The number of carbonyl (C=O) groups is 1. The van der Waals surface area contributed by atoms with Gasteiger partial charge in [0, 0.05) is 45.3 Å². The molecule has 186 valence electrons. The second kappa shape index (κ2) is 15.0. The fraction of sp³-hybridized carbons (Fsp3) is 0.481. The Hall–Kier alpha value is -2.13. The fourth-order valence-electron chi connectivity index (χ4n) is 4.19. The summed E-state index contributed by atoms with van der Waals surface area (Å²) in [6, 6.07) is 16.7. The van der Waals surface area contributed by atoms with Crippen LogP contribution in [0.2, 0.25) is 0 Å². The Morgan fingerprint density at radius 1 is 0.853 bits per heavy atom. The predicted octanol–water partition coefficient (Wildman–Crippen LogP) is 4.64. The molecule has 1 fully saturated rings. The van der Waals surface area contributed by atoms with Crippen LogP contribution in [0, 0.1) is 0 Å². The molecule has 0 radical (unpaired) electrons. The van der Waals surface area contributed by atoms with E-state index in [0.717, 1.165) is 43.3 Å². The van der Waals surface area contributed by atoms with E-state index in [0.29, 0.717) is 6.54 Å². The van der Waals surface area contributed by atoms with Crippen LogP contribution in [-0.2, 0) is 19.6 Å². The number of nitrogens with zero attached hydrogens (tertiary/aromatic N) is 3. The van der Waals surface area contributed by atoms with Crippen molar-refractivity contribution in [2.45, 2.75) is 52.7 Å². The number of aliphatic imine (C=N–C) groups is 1. The Balaban J connectivity index is 0.00000408. The summed E-state index contributed by atoms with van der Waals surface area (Å²) in [4.78, 5) is 21.2. The number of amides is 1. The molecule has 6 nitrogen and oxygen atoms in total. The summed E-state index contributed by atoms with van der Waals surface area (Å²) in [5.41, 5.74) is 4.45. The maximum Gasteiger partial charge on any atom is 0.253 e. The highest BCUT2D eigenvalue weighted by Crippen LogP contribution is 2.14. The number of halogens is 1. The number of carbonyl (C=O) groups excluding carboxylic acids is 1. The Kier molecular flexibility index (Phi) is 12.4. The zero-order valence-corrected chi connectivity index (χ0v) is 23.2. The van der Waals surface area contributed by atoms with E-state index < -0.39 is 0 Å². The molecule has 0 bridgehead atoms. The smallest absolute Gasteiger partial charge is 0.253 e. The molecule has 7 heteroatoms. The summed E-state index contributed by atoms with van der Waals surface area (Å²) in [7, 11) is 1.78. The first-order valence-electron chi connectivity index (χ1n) is 12.3. The summed E-state index contributed by atoms with van der Waals surface area (Å²) < 4.78 is 0. The molecule has 0 aliphatic carbocycles. The highest BCUT2D eigenvalue weighted by Gasteiger charge is 2.12. The van der Waals surface area contributed by atoms with Crippen molar-refractivity contribution < 1.29 is 4.79 Å². The molecule has 34 heavy (non-hydrogen) atoms. The predicted molar refractivity (Wildman–Crippen MR) is 152 cm³/mol. The van der Waals surface area contributed by atoms with Crippen molar-refractivity contribution in [2.24, 2.45) is 4.99 Å². The summed E-state index contributed by atoms with van der Waals surface area (Å²) in [5.74, 6) is 0.842. The third-order valence-electron chi connectivity index (χ3n) is 6.27. The molecule has 2 aromatic rings. The maximum absolute atomic E-state index is 12.5. The minimum absolute atomic E-state index is 0. The summed E-state index contributed by atoms with van der Waals surface area (Å²) in [6.45, 7) is 10.3. The van der Waals surface area contributed by atoms with E-state index in [9.17, 15) is 4.79 Å². The number of piperidine rings is 1. The lowest BCUT2D eigenvalue weighted by atomic mass is 10.1. The number of likely N-dealkylation sites (tertiary alicyclic amines) is 1. The van der Waals surface area contributed by atoms with Gasteiger partial charge in [-0.1, -0.05) is 42.8 Å². The van der Waals surface area contributed by atoms with Crippen LogP contribution in [-0.4, -0.2) is 54.9 Å². The van der Waals surface area contributed by atoms with Crippen molar-refractivity contribution in [1.82, 2.24) is 20.4 Å². The van der Waals surface area contributed by atoms with Crippen molar-refractivity contribution in [2.75, 3.05) is 33.2 Å². The molecule has 0 unspecified atom stereocenters. The molecule has 0 spiro atoms. The molecule has 0 saturated carbocycles. The minimum atomic E-state index is 0. The van der Waals surface area contributed by atoms with E-state index in [1.807, 2.05) is 43.0 Å². The Bertz CT molecular complexity index is 888. The van der Waals surface area contributed by atoms with Crippen LogP contribution in [0.25, 0.3) is 0 Å². The van der Waals surface area contributed by atoms with E-state index in [4.69, 9.17) is 0 Å². The second-order valence-corrected chi connectivity index (χ2v) is 8.61. The van der Waals surface area contributed by atoms with E-state index in [2.05, 4.69) is 44.8 Å². The Labute approximate surface area is 222 Å². The first kappa shape index (κ1) is 28.1. The van der Waals surface area contributed by atoms with Gasteiger partial charge in [-0.05, 0) is 68.6 Å². The van der Waals surface area contributed by atoms with Gasteiger partial charge in [-0.3, -0.25) is 14.7 Å². The Morgan fingerprint density at radius 3 is 1.85 bits per heavy atom. The average molecular weight is 578 g/mol. The minimum Gasteiger partial charge on any atom is -0.352 e. The highest BCUT2D eigenvalue weighted by atomic mass is 127. The molecule has 2 N–H and O–H groups in total. The zero-order chi connectivity index (χ0) is 23.5. The molecule has 1 saturated heterocycles. The van der Waals surface area contributed by atoms with Crippen molar-refractivity contribution in [3.05, 3.63) is 70.8 Å². The molecule has 1 aliphatic heterocycles. The van der Waals surface area contributed by atoms with Gasteiger partial charge < -0.3 is 15.5 Å². The molecule has 1 aliphatic rings. The third kappa shape index (κ3) is 8.58. The summed E-state index contributed by atoms with van der Waals surface area (Å²) in [6.07, 6.45) is 4.03. The first-order valence-corrected chi connectivity index (χ1v) is 12.3. The molecule has 1 heterocycles. The van der Waals surface area contributed by atoms with Crippen LogP contribution in [0.3, 0.4) is 0 Å². The summed E-state index contributed by atoms with van der Waals surface area (Å²) in [5, 5.41) is 6.74. The largest absolute Gasteiger partial charge is 0.352 e. The Morgan fingerprint density at radius 2 is 1.35 bits per heavy atom. The van der Waals surface area contributed by atoms with Crippen LogP contribution < -0.4 is 10.6 Å². The van der Waals surface area contributed by atoms with Crippen molar-refractivity contribution in [1.29, 1.82) is 0 Å². The van der Waals surface area contributed by atoms with Crippen molar-refractivity contribution >= 4 is 35.8 Å². The van der Waals surface area contributed by atoms with Crippen molar-refractivity contribution in [3.63, 3.8) is 0 Å². The van der Waals surface area contributed by atoms with Crippen LogP contribution >= 0.6 is 24.0 Å². The van der Waals surface area contributed by atoms with Gasteiger partial charge in [-0.15, -0.1) is 24.0 Å². The van der Waals surface area contributed by atoms with Crippen LogP contribution in [0.15, 0.2) is 53.5 Å². The van der Waals surface area contributed by atoms with E-state index in [-0.39, 0.29) is 29.9 Å². The lowest BCUT2D eigenvalue weighted by Gasteiger charge is -2.26. The molecule has 1 amide bonds. The number of benzene rings is 2. The van der Waals surface area contributed by atoms with Crippen LogP contribution in [0.4, 0.5) is 0 Å². The van der Waals surface area contributed by atoms with Gasteiger partial charge in [-0.25, -0.2) is 0 Å². The van der Waals surface area contributed by atoms with Gasteiger partial charge in [0.05, 0.1) is 0 Å². The average Bonchev–Trinajstić information content (AvgIpc) is 2.86. The molecule has 0 aromatic heterocycles. The maximum atomic E-state index is 12.5. The normalized spacial score (nSPS) is 14.3. The quantitative estimate of drug-likeness (QED) is 0.259. The molecular weight excluding hydrogens is 537 g/mol. The van der Waals surface area contributed by atoms with Gasteiger partial charge in [0.1, 0.15) is 0 Å². The fourth-order valence-corrected chi connectivity index (χ4v) is 4.19. The van der Waals surface area contributed by atoms with Gasteiger partial charge in [0.15, 0.2) is 5.96 Å². The second-order valence-electron chi connectivity index (χ2n) is 8.61. The van der Waals surface area contributed by atoms with Crippen LogP contribution in [0.5, 0.6) is 0 Å².